The summed E-state index contributed by atoms with van der Waals surface area (Å²) in [6.07, 6.45) is 0. The number of benzene rings is 2. The largest absolute Gasteiger partial charge is 0.497 e. The highest BCUT2D eigenvalue weighted by molar-refractivity contribution is 6.00. The molecule has 0 aliphatic carbocycles. The van der Waals surface area contributed by atoms with E-state index in [2.05, 4.69) is 0 Å². The van der Waals surface area contributed by atoms with Gasteiger partial charge in [0, 0.05) is 24.0 Å². The van der Waals surface area contributed by atoms with Gasteiger partial charge < -0.3 is 14.0 Å². The number of aromatic nitrogens is 3. The Morgan fingerprint density at radius 2 is 1.57 bits per heavy atom. The summed E-state index contributed by atoms with van der Waals surface area (Å²) in [4.78, 5) is 38.8. The van der Waals surface area contributed by atoms with E-state index in [1.165, 1.54) is 7.11 Å². The summed E-state index contributed by atoms with van der Waals surface area (Å²) in [5, 5.41) is 0. The summed E-state index contributed by atoms with van der Waals surface area (Å²) < 4.78 is 15.5. The van der Waals surface area contributed by atoms with Gasteiger partial charge in [-0.3, -0.25) is 14.3 Å². The molecule has 0 amide bonds. The normalized spacial score (nSPS) is 10.9. The Bertz CT molecular complexity index is 1460. The number of esters is 1. The first-order valence-electron chi connectivity index (χ1n) is 11.1. The molecule has 2 aromatic carbocycles. The molecule has 35 heavy (non-hydrogen) atoms. The number of ether oxygens (including phenoxy) is 2. The zero-order valence-electron chi connectivity index (χ0n) is 20.4. The molecule has 2 aromatic heterocycles. The zero-order valence-corrected chi connectivity index (χ0v) is 20.4. The van der Waals surface area contributed by atoms with Crippen LogP contribution in [0.25, 0.3) is 11.4 Å². The van der Waals surface area contributed by atoms with Crippen LogP contribution in [0.15, 0.2) is 65.5 Å². The predicted octanol–water partition coefficient (Wildman–Crippen LogP) is 3.94. The third-order valence-electron chi connectivity index (χ3n) is 6.14. The minimum atomic E-state index is -0.598. The van der Waals surface area contributed by atoms with Crippen LogP contribution < -0.4 is 10.3 Å². The fourth-order valence-electron chi connectivity index (χ4n) is 4.22. The number of para-hydroxylation sites is 1. The number of rotatable bonds is 7. The highest BCUT2D eigenvalue weighted by atomic mass is 16.5. The fourth-order valence-corrected chi connectivity index (χ4v) is 4.22. The number of aryl methyl sites for hydroxylation is 1. The maximum Gasteiger partial charge on any atom is 0.338 e. The van der Waals surface area contributed by atoms with E-state index in [9.17, 15) is 14.4 Å². The fraction of sp³-hybridized carbons (Fsp3) is 0.222. The summed E-state index contributed by atoms with van der Waals surface area (Å²) in [5.41, 5.74) is 3.86. The van der Waals surface area contributed by atoms with Crippen molar-refractivity contribution in [2.75, 3.05) is 13.7 Å². The van der Waals surface area contributed by atoms with Gasteiger partial charge in [0.2, 0.25) is 5.78 Å². The lowest BCUT2D eigenvalue weighted by molar-refractivity contribution is 0.0474. The smallest absolute Gasteiger partial charge is 0.338 e. The molecule has 0 unspecified atom stereocenters. The maximum absolute atomic E-state index is 13.5. The highest BCUT2D eigenvalue weighted by Crippen LogP contribution is 2.23. The second-order valence-electron chi connectivity index (χ2n) is 8.26. The summed E-state index contributed by atoms with van der Waals surface area (Å²) in [5.74, 6) is -0.324. The van der Waals surface area contributed by atoms with Crippen molar-refractivity contribution in [1.82, 2.24) is 13.9 Å². The number of carbonyl (C=O) groups is 2. The van der Waals surface area contributed by atoms with Crippen molar-refractivity contribution in [1.29, 1.82) is 0 Å². The van der Waals surface area contributed by atoms with E-state index < -0.39 is 12.6 Å². The van der Waals surface area contributed by atoms with Gasteiger partial charge in [0.25, 0.3) is 5.56 Å². The number of hydrogen-bond donors (Lipinski definition) is 0. The molecule has 180 valence electrons. The van der Waals surface area contributed by atoms with E-state index >= 15 is 0 Å². The molecule has 0 aliphatic heterocycles. The standard InChI is InChI=1S/C27H27N3O5/c1-17-15-23(24(31)16-35-27(33)20-11-13-22(34-5)14-12-20)18(2)29(17)25-19(3)28(4)30(26(25)32)21-9-7-6-8-10-21/h6-15H,16H2,1-5H3. The lowest BCUT2D eigenvalue weighted by Crippen LogP contribution is -2.22. The minimum absolute atomic E-state index is 0.192. The molecular weight excluding hydrogens is 446 g/mol. The van der Waals surface area contributed by atoms with Crippen molar-refractivity contribution >= 4 is 11.8 Å². The first-order chi connectivity index (χ1) is 16.7. The molecule has 0 spiro atoms. The molecule has 4 rings (SSSR count). The van der Waals surface area contributed by atoms with Crippen molar-refractivity contribution < 1.29 is 19.1 Å². The van der Waals surface area contributed by atoms with Crippen LogP contribution in [0.5, 0.6) is 5.75 Å². The van der Waals surface area contributed by atoms with Crippen LogP contribution in [0.3, 0.4) is 0 Å². The van der Waals surface area contributed by atoms with Crippen LogP contribution in [0.2, 0.25) is 0 Å². The molecule has 8 heteroatoms. The second-order valence-corrected chi connectivity index (χ2v) is 8.26. The molecule has 4 aromatic rings. The van der Waals surface area contributed by atoms with Gasteiger partial charge in [-0.25, -0.2) is 9.48 Å². The number of methoxy groups -OCH3 is 1. The van der Waals surface area contributed by atoms with Gasteiger partial charge in [-0.15, -0.1) is 0 Å². The van der Waals surface area contributed by atoms with E-state index in [-0.39, 0.29) is 11.3 Å². The lowest BCUT2D eigenvalue weighted by atomic mass is 10.1. The van der Waals surface area contributed by atoms with E-state index in [0.717, 1.165) is 17.1 Å². The Labute approximate surface area is 202 Å². The van der Waals surface area contributed by atoms with Crippen molar-refractivity contribution in [3.8, 4) is 17.1 Å². The topological polar surface area (TPSA) is 84.5 Å². The van der Waals surface area contributed by atoms with E-state index in [1.54, 1.807) is 51.2 Å². The Hall–Kier alpha value is -4.33. The van der Waals surface area contributed by atoms with Gasteiger partial charge in [0.1, 0.15) is 11.4 Å². The maximum atomic E-state index is 13.5. The Balaban J connectivity index is 1.62. The molecule has 0 saturated heterocycles. The van der Waals surface area contributed by atoms with Crippen LogP contribution in [0, 0.1) is 20.8 Å². The van der Waals surface area contributed by atoms with Gasteiger partial charge in [-0.2, -0.15) is 0 Å². The molecule has 0 bridgehead atoms. The van der Waals surface area contributed by atoms with Gasteiger partial charge in [0.15, 0.2) is 6.61 Å². The molecule has 0 saturated carbocycles. The van der Waals surface area contributed by atoms with Crippen molar-refractivity contribution in [2.24, 2.45) is 7.05 Å². The lowest BCUT2D eigenvalue weighted by Gasteiger charge is -2.09. The van der Waals surface area contributed by atoms with Crippen molar-refractivity contribution in [3.63, 3.8) is 0 Å². The number of Topliss-reactive ketones (excluding diaryl/α,β-unsaturated/α-hetero) is 1. The third kappa shape index (κ3) is 4.30. The second kappa shape index (κ2) is 9.50. The Kier molecular flexibility index (Phi) is 6.46. The Morgan fingerprint density at radius 1 is 0.914 bits per heavy atom. The first-order valence-corrected chi connectivity index (χ1v) is 11.1. The quantitative estimate of drug-likeness (QED) is 0.300. The molecule has 0 aliphatic rings. The molecule has 0 radical (unpaired) electrons. The van der Waals surface area contributed by atoms with Crippen LogP contribution in [0.1, 0.15) is 37.8 Å². The first kappa shape index (κ1) is 23.8. The monoisotopic (exact) mass is 473 g/mol. The predicted molar refractivity (Wildman–Crippen MR) is 132 cm³/mol. The highest BCUT2D eigenvalue weighted by Gasteiger charge is 2.24. The minimum Gasteiger partial charge on any atom is -0.497 e. The van der Waals surface area contributed by atoms with E-state index in [1.807, 2.05) is 51.2 Å². The molecule has 8 nitrogen and oxygen atoms in total. The molecule has 0 N–H and O–H groups in total. The van der Waals surface area contributed by atoms with Gasteiger partial charge in [0.05, 0.1) is 24.1 Å². The van der Waals surface area contributed by atoms with Crippen LogP contribution in [-0.4, -0.2) is 39.4 Å². The third-order valence-corrected chi connectivity index (χ3v) is 6.14. The molecule has 0 fully saturated rings. The van der Waals surface area contributed by atoms with Crippen LogP contribution in [0.4, 0.5) is 0 Å². The summed E-state index contributed by atoms with van der Waals surface area (Å²) in [6.45, 7) is 5.08. The zero-order chi connectivity index (χ0) is 25.3. The summed E-state index contributed by atoms with van der Waals surface area (Å²) >= 11 is 0. The van der Waals surface area contributed by atoms with Gasteiger partial charge in [-0.1, -0.05) is 18.2 Å². The number of hydrogen-bond acceptors (Lipinski definition) is 5. The van der Waals surface area contributed by atoms with E-state index in [4.69, 9.17) is 9.47 Å². The number of carbonyl (C=O) groups excluding carboxylic acids is 2. The van der Waals surface area contributed by atoms with Gasteiger partial charge >= 0.3 is 5.97 Å². The molecule has 0 atom stereocenters. The summed E-state index contributed by atoms with van der Waals surface area (Å²) in [6, 6.07) is 17.6. The van der Waals surface area contributed by atoms with Gasteiger partial charge in [-0.05, 0) is 63.2 Å². The Morgan fingerprint density at radius 3 is 2.20 bits per heavy atom. The average molecular weight is 474 g/mol. The van der Waals surface area contributed by atoms with Crippen molar-refractivity contribution in [2.45, 2.75) is 20.8 Å². The number of nitrogens with zero attached hydrogens (tertiary/aromatic N) is 3. The van der Waals surface area contributed by atoms with Crippen LogP contribution in [-0.2, 0) is 11.8 Å². The van der Waals surface area contributed by atoms with Crippen LogP contribution >= 0.6 is 0 Å². The van der Waals surface area contributed by atoms with Crippen molar-refractivity contribution in [3.05, 3.63) is 99.2 Å². The molecular formula is C27H27N3O5. The number of ketones is 1. The average Bonchev–Trinajstić information content (AvgIpc) is 3.28. The molecule has 2 heterocycles. The summed E-state index contributed by atoms with van der Waals surface area (Å²) in [7, 11) is 3.36. The SMILES string of the molecule is COc1ccc(C(=O)OCC(=O)c2cc(C)n(-c3c(C)n(C)n(-c4ccccc4)c3=O)c2C)cc1. The van der Waals surface area contributed by atoms with E-state index in [0.29, 0.717) is 28.3 Å².